The number of fused-ring (bicyclic) bond motifs is 1. The Morgan fingerprint density at radius 3 is 2.70 bits per heavy atom. The summed E-state index contributed by atoms with van der Waals surface area (Å²) in [4.78, 5) is 20.1. The van der Waals surface area contributed by atoms with E-state index in [1.165, 1.54) is 30.1 Å². The summed E-state index contributed by atoms with van der Waals surface area (Å²) < 4.78 is 41.9. The summed E-state index contributed by atoms with van der Waals surface area (Å²) >= 11 is 13.6. The molecule has 240 valence electrons. The Balaban J connectivity index is 1.26. The first kappa shape index (κ1) is 31.5. The highest BCUT2D eigenvalue weighted by atomic mass is 35.5. The summed E-state index contributed by atoms with van der Waals surface area (Å²) in [5.41, 5.74) is 1.49. The SMILES string of the molecule is CCOC1C(n2cc(-c3ccc(Cl)c(F)c3)nn2)[C@H]2OC(c3ccccc3)OCC2O[C@@H]1Sc1cc(Cl)cnc1C(=O)N1CCC1. The van der Waals surface area contributed by atoms with Gasteiger partial charge in [0.25, 0.3) is 5.91 Å². The lowest BCUT2D eigenvalue weighted by Gasteiger charge is -2.49. The van der Waals surface area contributed by atoms with Gasteiger partial charge in [-0.05, 0) is 31.5 Å². The number of nitrogens with zero attached hydrogens (tertiary/aromatic N) is 5. The fourth-order valence-corrected chi connectivity index (χ4v) is 7.40. The molecule has 14 heteroatoms. The molecule has 5 heterocycles. The molecule has 0 aliphatic carbocycles. The van der Waals surface area contributed by atoms with Gasteiger partial charge in [-0.15, -0.1) is 5.10 Å². The topological polar surface area (TPSA) is 101 Å². The van der Waals surface area contributed by atoms with Crippen LogP contribution in [0.1, 0.15) is 41.7 Å². The van der Waals surface area contributed by atoms with Gasteiger partial charge in [0, 0.05) is 41.9 Å². The van der Waals surface area contributed by atoms with Gasteiger partial charge in [-0.1, -0.05) is 76.6 Å². The van der Waals surface area contributed by atoms with Gasteiger partial charge >= 0.3 is 0 Å². The molecular formula is C32H30Cl2FN5O5S. The standard InChI is InChI=1S/C32H30Cl2FN5O5S/c1-2-42-29-27(40-16-23(37-38-40)19-9-10-21(34)22(35)13-19)28-24(17-43-31(45-28)18-7-4-3-5-8-18)44-32(29)46-25-14-20(33)15-36-26(25)30(41)39-11-6-12-39/h3-5,7-10,13-16,24,27-29,31-32H,2,6,11-12,17H2,1H3/t24?,27?,28-,29?,31?,32+/m0/s1. The molecule has 10 nitrogen and oxygen atoms in total. The first-order chi connectivity index (χ1) is 22.4. The average molecular weight is 687 g/mol. The van der Waals surface area contributed by atoms with Crippen LogP contribution in [0.2, 0.25) is 10.0 Å². The minimum Gasteiger partial charge on any atom is -0.373 e. The number of ether oxygens (including phenoxy) is 4. The van der Waals surface area contributed by atoms with Crippen LogP contribution in [0.25, 0.3) is 11.3 Å². The molecule has 7 rings (SSSR count). The number of halogens is 3. The van der Waals surface area contributed by atoms with Crippen LogP contribution >= 0.6 is 35.0 Å². The number of rotatable bonds is 8. The molecule has 4 aromatic rings. The van der Waals surface area contributed by atoms with Crippen molar-refractivity contribution in [2.45, 2.75) is 54.3 Å². The van der Waals surface area contributed by atoms with Crippen molar-refractivity contribution in [3.05, 3.63) is 94.1 Å². The van der Waals surface area contributed by atoms with Gasteiger partial charge in [0.15, 0.2) is 6.29 Å². The number of likely N-dealkylation sites (tertiary alicyclic amines) is 1. The monoisotopic (exact) mass is 685 g/mol. The summed E-state index contributed by atoms with van der Waals surface area (Å²) in [6.07, 6.45) is 1.79. The number of thioether (sulfide) groups is 1. The largest absolute Gasteiger partial charge is 0.373 e. The molecule has 4 unspecified atom stereocenters. The normalized spacial score (nSPS) is 26.0. The highest BCUT2D eigenvalue weighted by molar-refractivity contribution is 8.00. The van der Waals surface area contributed by atoms with Gasteiger partial charge in [0.05, 0.1) is 22.8 Å². The lowest BCUT2D eigenvalue weighted by Crippen LogP contribution is -2.59. The Bertz CT molecular complexity index is 1710. The summed E-state index contributed by atoms with van der Waals surface area (Å²) in [5, 5.41) is 9.27. The molecule has 0 radical (unpaired) electrons. The predicted molar refractivity (Wildman–Crippen MR) is 169 cm³/mol. The molecular weight excluding hydrogens is 656 g/mol. The third-order valence-corrected chi connectivity index (χ3v) is 9.87. The van der Waals surface area contributed by atoms with Gasteiger partial charge in [-0.2, -0.15) is 0 Å². The van der Waals surface area contributed by atoms with E-state index in [1.54, 1.807) is 27.9 Å². The van der Waals surface area contributed by atoms with Crippen molar-refractivity contribution in [2.24, 2.45) is 0 Å². The second kappa shape index (κ2) is 13.6. The number of carbonyl (C=O) groups excluding carboxylic acids is 1. The van der Waals surface area contributed by atoms with E-state index in [0.29, 0.717) is 46.6 Å². The lowest BCUT2D eigenvalue weighted by molar-refractivity contribution is -0.309. The molecule has 0 N–H and O–H groups in total. The van der Waals surface area contributed by atoms with Gasteiger partial charge in [0.1, 0.15) is 47.0 Å². The van der Waals surface area contributed by atoms with E-state index < -0.39 is 41.9 Å². The molecule has 6 atom stereocenters. The van der Waals surface area contributed by atoms with Crippen molar-refractivity contribution >= 4 is 40.9 Å². The number of pyridine rings is 1. The molecule has 0 bridgehead atoms. The minimum atomic E-state index is -0.647. The summed E-state index contributed by atoms with van der Waals surface area (Å²) in [6.45, 7) is 3.85. The summed E-state index contributed by atoms with van der Waals surface area (Å²) in [7, 11) is 0. The van der Waals surface area contributed by atoms with Crippen LogP contribution in [-0.2, 0) is 18.9 Å². The Kier molecular flexibility index (Phi) is 9.28. The third kappa shape index (κ3) is 6.27. The van der Waals surface area contributed by atoms with E-state index >= 15 is 0 Å². The Morgan fingerprint density at radius 2 is 1.96 bits per heavy atom. The fraction of sp³-hybridized carbons (Fsp3) is 0.375. The number of aromatic nitrogens is 4. The Labute approximate surface area is 279 Å². The van der Waals surface area contributed by atoms with E-state index in [1.807, 2.05) is 37.3 Å². The Hall–Kier alpha value is -3.10. The quantitative estimate of drug-likeness (QED) is 0.214. The first-order valence-electron chi connectivity index (χ1n) is 15.0. The predicted octanol–water partition coefficient (Wildman–Crippen LogP) is 6.21. The van der Waals surface area contributed by atoms with Gasteiger partial charge in [0.2, 0.25) is 0 Å². The summed E-state index contributed by atoms with van der Waals surface area (Å²) in [5.74, 6) is -0.713. The molecule has 0 saturated carbocycles. The van der Waals surface area contributed by atoms with Crippen molar-refractivity contribution in [1.82, 2.24) is 24.9 Å². The second-order valence-electron chi connectivity index (χ2n) is 11.1. The van der Waals surface area contributed by atoms with Crippen molar-refractivity contribution in [2.75, 3.05) is 26.3 Å². The molecule has 2 aromatic heterocycles. The zero-order valence-electron chi connectivity index (χ0n) is 24.7. The van der Waals surface area contributed by atoms with Crippen LogP contribution in [-0.4, -0.2) is 80.8 Å². The van der Waals surface area contributed by atoms with Crippen molar-refractivity contribution in [3.8, 4) is 11.3 Å². The van der Waals surface area contributed by atoms with E-state index in [9.17, 15) is 9.18 Å². The maximum atomic E-state index is 14.4. The molecule has 1 amide bonds. The lowest BCUT2D eigenvalue weighted by atomic mass is 9.95. The van der Waals surface area contributed by atoms with Crippen molar-refractivity contribution in [3.63, 3.8) is 0 Å². The van der Waals surface area contributed by atoms with Crippen LogP contribution in [0, 0.1) is 5.82 Å². The van der Waals surface area contributed by atoms with E-state index in [4.69, 9.17) is 42.1 Å². The minimum absolute atomic E-state index is 0.0183. The highest BCUT2D eigenvalue weighted by Gasteiger charge is 2.52. The highest BCUT2D eigenvalue weighted by Crippen LogP contribution is 2.45. The fourth-order valence-electron chi connectivity index (χ4n) is 5.79. The zero-order valence-corrected chi connectivity index (χ0v) is 27.0. The van der Waals surface area contributed by atoms with E-state index in [0.717, 1.165) is 12.0 Å². The van der Waals surface area contributed by atoms with Gasteiger partial charge in [-0.3, -0.25) is 4.79 Å². The molecule has 3 fully saturated rings. The molecule has 3 aliphatic rings. The van der Waals surface area contributed by atoms with Crippen LogP contribution in [0.5, 0.6) is 0 Å². The second-order valence-corrected chi connectivity index (χ2v) is 13.1. The van der Waals surface area contributed by atoms with Gasteiger partial charge in [-0.25, -0.2) is 14.1 Å². The maximum absolute atomic E-state index is 14.4. The van der Waals surface area contributed by atoms with Crippen LogP contribution in [0.15, 0.2) is 71.9 Å². The number of carbonyl (C=O) groups is 1. The maximum Gasteiger partial charge on any atom is 0.273 e. The number of hydrogen-bond donors (Lipinski definition) is 0. The first-order valence-corrected chi connectivity index (χ1v) is 16.6. The van der Waals surface area contributed by atoms with Crippen molar-refractivity contribution < 1.29 is 28.1 Å². The molecule has 2 aromatic carbocycles. The zero-order chi connectivity index (χ0) is 31.8. The van der Waals surface area contributed by atoms with Crippen LogP contribution in [0.3, 0.4) is 0 Å². The number of benzene rings is 2. The average Bonchev–Trinajstić information content (AvgIpc) is 3.52. The van der Waals surface area contributed by atoms with Crippen LogP contribution < -0.4 is 0 Å². The van der Waals surface area contributed by atoms with Crippen LogP contribution in [0.4, 0.5) is 4.39 Å². The summed E-state index contributed by atoms with van der Waals surface area (Å²) in [6, 6.07) is 15.3. The molecule has 3 saturated heterocycles. The van der Waals surface area contributed by atoms with Crippen molar-refractivity contribution in [1.29, 1.82) is 0 Å². The molecule has 3 aliphatic heterocycles. The number of hydrogen-bond acceptors (Lipinski definition) is 9. The van der Waals surface area contributed by atoms with E-state index in [2.05, 4.69) is 15.3 Å². The number of amides is 1. The van der Waals surface area contributed by atoms with E-state index in [-0.39, 0.29) is 17.5 Å². The molecule has 46 heavy (non-hydrogen) atoms. The smallest absolute Gasteiger partial charge is 0.273 e. The Morgan fingerprint density at radius 1 is 1.13 bits per heavy atom. The van der Waals surface area contributed by atoms with Gasteiger partial charge < -0.3 is 23.8 Å². The molecule has 0 spiro atoms. The third-order valence-electron chi connectivity index (χ3n) is 8.18.